The van der Waals surface area contributed by atoms with Crippen LogP contribution < -0.4 is 5.56 Å². The molecule has 1 N–H and O–H groups in total. The van der Waals surface area contributed by atoms with Gasteiger partial charge in [-0.2, -0.15) is 0 Å². The van der Waals surface area contributed by atoms with E-state index >= 15 is 0 Å². The number of hydrogen-bond acceptors (Lipinski definition) is 3. The molecule has 1 heterocycles. The van der Waals surface area contributed by atoms with Crippen LogP contribution >= 0.6 is 11.5 Å². The third-order valence-electron chi connectivity index (χ3n) is 2.65. The van der Waals surface area contributed by atoms with Gasteiger partial charge in [-0.15, -0.1) is 0 Å². The predicted octanol–water partition coefficient (Wildman–Crippen LogP) is 2.08. The van der Waals surface area contributed by atoms with E-state index in [4.69, 9.17) is 5.11 Å². The van der Waals surface area contributed by atoms with Gasteiger partial charge in [-0.05, 0) is 24.5 Å². The van der Waals surface area contributed by atoms with Crippen LogP contribution in [0.5, 0.6) is 0 Å². The number of nitrogens with zero attached hydrogens (tertiary/aromatic N) is 1. The molecule has 0 fully saturated rings. The molecule has 0 bridgehead atoms. The molecule has 86 valence electrons. The van der Waals surface area contributed by atoms with E-state index < -0.39 is 0 Å². The minimum atomic E-state index is 0.0883. The summed E-state index contributed by atoms with van der Waals surface area (Å²) >= 11 is 1.50. The standard InChI is InChI=1S/C12H15NO2S/c1-9(6-7-14)8-13-12(15)10-4-2-3-5-11(10)16-13/h2-5,9,14H,6-8H2,1H3. The molecule has 1 atom stereocenters. The Balaban J connectivity index is 2.31. The fourth-order valence-corrected chi connectivity index (χ4v) is 2.87. The van der Waals surface area contributed by atoms with E-state index in [0.717, 1.165) is 16.5 Å². The molecule has 3 nitrogen and oxygen atoms in total. The summed E-state index contributed by atoms with van der Waals surface area (Å²) < 4.78 is 2.81. The van der Waals surface area contributed by atoms with E-state index in [9.17, 15) is 4.79 Å². The Hall–Kier alpha value is -1.13. The van der Waals surface area contributed by atoms with Gasteiger partial charge >= 0.3 is 0 Å². The minimum Gasteiger partial charge on any atom is -0.396 e. The smallest absolute Gasteiger partial charge is 0.268 e. The predicted molar refractivity (Wildman–Crippen MR) is 67.0 cm³/mol. The van der Waals surface area contributed by atoms with Crippen molar-refractivity contribution in [3.63, 3.8) is 0 Å². The molecule has 0 saturated heterocycles. The van der Waals surface area contributed by atoms with Gasteiger partial charge in [0, 0.05) is 13.2 Å². The van der Waals surface area contributed by atoms with Crippen LogP contribution in [-0.4, -0.2) is 15.7 Å². The minimum absolute atomic E-state index is 0.0883. The number of hydrogen-bond donors (Lipinski definition) is 1. The molecule has 1 aromatic carbocycles. The number of aliphatic hydroxyl groups is 1. The molecule has 0 aliphatic heterocycles. The Kier molecular flexibility index (Phi) is 3.41. The van der Waals surface area contributed by atoms with E-state index in [1.165, 1.54) is 11.5 Å². The van der Waals surface area contributed by atoms with Crippen molar-refractivity contribution in [1.29, 1.82) is 0 Å². The lowest BCUT2D eigenvalue weighted by Gasteiger charge is -2.08. The molecule has 2 aromatic rings. The zero-order valence-electron chi connectivity index (χ0n) is 9.22. The van der Waals surface area contributed by atoms with E-state index in [2.05, 4.69) is 0 Å². The van der Waals surface area contributed by atoms with Gasteiger partial charge < -0.3 is 5.11 Å². The molecule has 4 heteroatoms. The Bertz CT molecular complexity index is 529. The number of aromatic nitrogens is 1. The van der Waals surface area contributed by atoms with Gasteiger partial charge in [-0.3, -0.25) is 8.75 Å². The summed E-state index contributed by atoms with van der Waals surface area (Å²) in [6.07, 6.45) is 0.737. The molecule has 2 rings (SSSR count). The van der Waals surface area contributed by atoms with Crippen molar-refractivity contribution in [3.05, 3.63) is 34.6 Å². The second-order valence-electron chi connectivity index (χ2n) is 4.07. The topological polar surface area (TPSA) is 42.2 Å². The molecule has 16 heavy (non-hydrogen) atoms. The second-order valence-corrected chi connectivity index (χ2v) is 5.13. The SMILES string of the molecule is CC(CCO)Cn1sc2ccccc2c1=O. The van der Waals surface area contributed by atoms with Crippen molar-refractivity contribution in [2.24, 2.45) is 5.92 Å². The zero-order valence-corrected chi connectivity index (χ0v) is 10.0. The van der Waals surface area contributed by atoms with Crippen molar-refractivity contribution in [1.82, 2.24) is 3.96 Å². The lowest BCUT2D eigenvalue weighted by atomic mass is 10.1. The Labute approximate surface area is 98.1 Å². The van der Waals surface area contributed by atoms with Crippen molar-refractivity contribution in [3.8, 4) is 0 Å². The van der Waals surface area contributed by atoms with Crippen LogP contribution in [0.25, 0.3) is 10.1 Å². The lowest BCUT2D eigenvalue weighted by molar-refractivity contribution is 0.255. The summed E-state index contributed by atoms with van der Waals surface area (Å²) in [5.74, 6) is 0.329. The average molecular weight is 237 g/mol. The van der Waals surface area contributed by atoms with E-state index in [1.807, 2.05) is 31.2 Å². The summed E-state index contributed by atoms with van der Waals surface area (Å²) in [7, 11) is 0. The summed E-state index contributed by atoms with van der Waals surface area (Å²) in [6, 6.07) is 7.66. The molecular weight excluding hydrogens is 222 g/mol. The molecular formula is C12H15NO2S. The Morgan fingerprint density at radius 2 is 2.19 bits per heavy atom. The molecule has 1 aromatic heterocycles. The molecule has 0 radical (unpaired) electrons. The maximum Gasteiger partial charge on any atom is 0.268 e. The van der Waals surface area contributed by atoms with Crippen LogP contribution in [0.15, 0.2) is 29.1 Å². The van der Waals surface area contributed by atoms with Crippen molar-refractivity contribution >= 4 is 21.6 Å². The third kappa shape index (κ3) is 2.18. The van der Waals surface area contributed by atoms with Crippen LogP contribution in [0.4, 0.5) is 0 Å². The number of benzene rings is 1. The lowest BCUT2D eigenvalue weighted by Crippen LogP contribution is -2.17. The zero-order chi connectivity index (χ0) is 11.5. The van der Waals surface area contributed by atoms with E-state index in [-0.39, 0.29) is 12.2 Å². The number of aliphatic hydroxyl groups excluding tert-OH is 1. The van der Waals surface area contributed by atoms with Crippen molar-refractivity contribution < 1.29 is 5.11 Å². The van der Waals surface area contributed by atoms with E-state index in [0.29, 0.717) is 12.5 Å². The van der Waals surface area contributed by atoms with E-state index in [1.54, 1.807) is 3.96 Å². The van der Waals surface area contributed by atoms with Gasteiger partial charge in [-0.25, -0.2) is 0 Å². The van der Waals surface area contributed by atoms with Crippen LogP contribution in [0.2, 0.25) is 0 Å². The van der Waals surface area contributed by atoms with Crippen LogP contribution in [-0.2, 0) is 6.54 Å². The Morgan fingerprint density at radius 1 is 1.44 bits per heavy atom. The highest BCUT2D eigenvalue weighted by Crippen LogP contribution is 2.17. The highest BCUT2D eigenvalue weighted by atomic mass is 32.1. The summed E-state index contributed by atoms with van der Waals surface area (Å²) in [6.45, 7) is 2.92. The monoisotopic (exact) mass is 237 g/mol. The van der Waals surface area contributed by atoms with Crippen LogP contribution in [0.3, 0.4) is 0 Å². The van der Waals surface area contributed by atoms with Gasteiger partial charge in [-0.1, -0.05) is 30.6 Å². The molecule has 0 aliphatic carbocycles. The highest BCUT2D eigenvalue weighted by Gasteiger charge is 2.09. The van der Waals surface area contributed by atoms with Gasteiger partial charge in [0.05, 0.1) is 10.1 Å². The molecule has 0 amide bonds. The maximum atomic E-state index is 12.0. The number of fused-ring (bicyclic) bond motifs is 1. The average Bonchev–Trinajstić information content (AvgIpc) is 2.57. The summed E-state index contributed by atoms with van der Waals surface area (Å²) in [4.78, 5) is 12.0. The third-order valence-corrected chi connectivity index (χ3v) is 3.74. The van der Waals surface area contributed by atoms with Crippen LogP contribution in [0.1, 0.15) is 13.3 Å². The molecule has 0 spiro atoms. The van der Waals surface area contributed by atoms with Gasteiger partial charge in [0.15, 0.2) is 0 Å². The molecule has 0 saturated carbocycles. The Morgan fingerprint density at radius 3 is 2.88 bits per heavy atom. The first-order chi connectivity index (χ1) is 7.72. The van der Waals surface area contributed by atoms with Gasteiger partial charge in [0.1, 0.15) is 0 Å². The normalized spacial score (nSPS) is 13.1. The highest BCUT2D eigenvalue weighted by molar-refractivity contribution is 7.13. The van der Waals surface area contributed by atoms with Gasteiger partial charge in [0.2, 0.25) is 0 Å². The molecule has 0 aliphatic rings. The fraction of sp³-hybridized carbons (Fsp3) is 0.417. The quantitative estimate of drug-likeness (QED) is 0.884. The summed E-state index contributed by atoms with van der Waals surface area (Å²) in [5.41, 5.74) is 0.0883. The second kappa shape index (κ2) is 4.80. The van der Waals surface area contributed by atoms with Crippen molar-refractivity contribution in [2.45, 2.75) is 19.9 Å². The number of rotatable bonds is 4. The van der Waals surface area contributed by atoms with Gasteiger partial charge in [0.25, 0.3) is 5.56 Å². The first-order valence-electron chi connectivity index (χ1n) is 5.42. The maximum absolute atomic E-state index is 12.0. The summed E-state index contributed by atoms with van der Waals surface area (Å²) in [5, 5.41) is 9.63. The fourth-order valence-electron chi connectivity index (χ4n) is 1.73. The first-order valence-corrected chi connectivity index (χ1v) is 6.19. The molecule has 1 unspecified atom stereocenters. The first kappa shape index (κ1) is 11.4. The van der Waals surface area contributed by atoms with Crippen molar-refractivity contribution in [2.75, 3.05) is 6.61 Å². The van der Waals surface area contributed by atoms with Crippen LogP contribution in [0, 0.1) is 5.92 Å². The largest absolute Gasteiger partial charge is 0.396 e.